The summed E-state index contributed by atoms with van der Waals surface area (Å²) >= 11 is 6.46. The molecule has 0 spiro atoms. The number of nitrogens with one attached hydrogen (secondary N) is 1. The smallest absolute Gasteiger partial charge is 0.307 e. The van der Waals surface area contributed by atoms with E-state index in [1.54, 1.807) is 0 Å². The molecule has 0 aliphatic carbocycles. The maximum absolute atomic E-state index is 11.2. The third kappa shape index (κ3) is 7.33. The topological polar surface area (TPSA) is 69.6 Å². The molecule has 2 aromatic rings. The number of benzene rings is 2. The summed E-state index contributed by atoms with van der Waals surface area (Å²) in [6, 6.07) is 15.7. The molecule has 0 aromatic heterocycles. The molecular formula is C22H28ClNO3. The Balaban J connectivity index is 2.11. The summed E-state index contributed by atoms with van der Waals surface area (Å²) in [5.74, 6) is -0.571. The second-order valence-electron chi connectivity index (χ2n) is 6.73. The fraction of sp³-hybridized carbons (Fsp3) is 0.409. The molecule has 0 heterocycles. The first-order chi connectivity index (χ1) is 13.1. The second-order valence-corrected chi connectivity index (χ2v) is 7.14. The molecule has 0 bridgehead atoms. The van der Waals surface area contributed by atoms with E-state index in [1.165, 1.54) is 0 Å². The monoisotopic (exact) mass is 389 g/mol. The van der Waals surface area contributed by atoms with Gasteiger partial charge in [0, 0.05) is 11.6 Å². The van der Waals surface area contributed by atoms with Crippen molar-refractivity contribution in [2.75, 3.05) is 19.7 Å². The number of halogens is 1. The van der Waals surface area contributed by atoms with Crippen molar-refractivity contribution in [1.82, 2.24) is 5.32 Å². The highest BCUT2D eigenvalue weighted by molar-refractivity contribution is 6.31. The first-order valence-electron chi connectivity index (χ1n) is 9.46. The van der Waals surface area contributed by atoms with Crippen LogP contribution in [-0.2, 0) is 17.6 Å². The highest BCUT2D eigenvalue weighted by Crippen LogP contribution is 2.32. The normalized spacial score (nSPS) is 12.1. The molecular weight excluding hydrogens is 362 g/mol. The summed E-state index contributed by atoms with van der Waals surface area (Å²) in [6.45, 7) is 1.66. The van der Waals surface area contributed by atoms with Crippen LogP contribution in [0.1, 0.15) is 41.9 Å². The van der Waals surface area contributed by atoms with Gasteiger partial charge >= 0.3 is 5.97 Å². The number of carboxylic acids is 1. The molecule has 5 heteroatoms. The molecule has 1 atom stereocenters. The van der Waals surface area contributed by atoms with Crippen molar-refractivity contribution in [2.45, 2.75) is 38.0 Å². The minimum Gasteiger partial charge on any atom is -0.481 e. The number of hydrogen-bond donors (Lipinski definition) is 3. The van der Waals surface area contributed by atoms with E-state index in [2.05, 4.69) is 11.4 Å². The molecule has 4 nitrogen and oxygen atoms in total. The van der Waals surface area contributed by atoms with E-state index >= 15 is 0 Å². The van der Waals surface area contributed by atoms with Crippen LogP contribution in [0.15, 0.2) is 48.5 Å². The van der Waals surface area contributed by atoms with E-state index in [1.807, 2.05) is 42.5 Å². The molecule has 27 heavy (non-hydrogen) atoms. The molecule has 146 valence electrons. The first kappa shape index (κ1) is 21.4. The quantitative estimate of drug-likeness (QED) is 0.479. The minimum absolute atomic E-state index is 0.0382. The minimum atomic E-state index is -0.813. The summed E-state index contributed by atoms with van der Waals surface area (Å²) in [7, 11) is 0. The zero-order chi connectivity index (χ0) is 19.5. The number of aliphatic hydroxyl groups is 1. The van der Waals surface area contributed by atoms with Gasteiger partial charge in [0.2, 0.25) is 0 Å². The fourth-order valence-electron chi connectivity index (χ4n) is 3.38. The van der Waals surface area contributed by atoms with Crippen LogP contribution in [0.25, 0.3) is 0 Å². The molecule has 0 saturated carbocycles. The van der Waals surface area contributed by atoms with Crippen molar-refractivity contribution >= 4 is 17.6 Å². The van der Waals surface area contributed by atoms with Gasteiger partial charge in [0.15, 0.2) is 0 Å². The van der Waals surface area contributed by atoms with E-state index in [0.29, 0.717) is 6.54 Å². The molecule has 0 aliphatic rings. The van der Waals surface area contributed by atoms with Gasteiger partial charge in [0.05, 0.1) is 13.0 Å². The lowest BCUT2D eigenvalue weighted by Gasteiger charge is -2.20. The molecule has 0 fully saturated rings. The largest absolute Gasteiger partial charge is 0.481 e. The van der Waals surface area contributed by atoms with Crippen LogP contribution < -0.4 is 5.32 Å². The van der Waals surface area contributed by atoms with Crippen LogP contribution in [0.2, 0.25) is 5.02 Å². The maximum Gasteiger partial charge on any atom is 0.307 e. The number of carbonyl (C=O) groups is 1. The zero-order valence-electron chi connectivity index (χ0n) is 15.5. The van der Waals surface area contributed by atoms with Gasteiger partial charge in [-0.05, 0) is 54.5 Å². The fourth-order valence-corrected chi connectivity index (χ4v) is 3.67. The molecule has 1 unspecified atom stereocenters. The van der Waals surface area contributed by atoms with Gasteiger partial charge in [-0.25, -0.2) is 0 Å². The molecule has 0 aliphatic heterocycles. The lowest BCUT2D eigenvalue weighted by atomic mass is 9.86. The van der Waals surface area contributed by atoms with E-state index in [-0.39, 0.29) is 18.9 Å². The highest BCUT2D eigenvalue weighted by Gasteiger charge is 2.17. The number of hydrogen-bond acceptors (Lipinski definition) is 3. The lowest BCUT2D eigenvalue weighted by Crippen LogP contribution is -2.19. The highest BCUT2D eigenvalue weighted by atomic mass is 35.5. The van der Waals surface area contributed by atoms with Gasteiger partial charge in [-0.1, -0.05) is 60.5 Å². The molecule has 3 N–H and O–H groups in total. The van der Waals surface area contributed by atoms with E-state index < -0.39 is 5.97 Å². The number of aliphatic hydroxyl groups excluding tert-OH is 1. The Bertz CT molecular complexity index is 720. The Kier molecular flexibility index (Phi) is 9.32. The van der Waals surface area contributed by atoms with Gasteiger partial charge < -0.3 is 15.5 Å². The molecule has 0 amide bonds. The van der Waals surface area contributed by atoms with Crippen molar-refractivity contribution in [3.8, 4) is 0 Å². The third-order valence-electron chi connectivity index (χ3n) is 4.72. The molecule has 0 radical (unpaired) electrons. The Morgan fingerprint density at radius 3 is 2.41 bits per heavy atom. The van der Waals surface area contributed by atoms with E-state index in [4.69, 9.17) is 16.7 Å². The first-order valence-corrected chi connectivity index (χ1v) is 9.84. The summed E-state index contributed by atoms with van der Waals surface area (Å²) in [4.78, 5) is 11.2. The standard InChI is InChI=1S/C22H28ClNO3/c23-21-11-4-3-10-20(21)19(9-5-6-12-24-13-14-25)15-17-7-1-2-8-18(17)16-22(26)27/h1-4,7-8,10-11,19,24-25H,5-6,9,12-16H2,(H,26,27). The van der Waals surface area contributed by atoms with Crippen LogP contribution in [0.3, 0.4) is 0 Å². The predicted octanol–water partition coefficient (Wildman–Crippen LogP) is 4.05. The second kappa shape index (κ2) is 11.8. The number of aliphatic carboxylic acids is 1. The van der Waals surface area contributed by atoms with Gasteiger partial charge in [-0.2, -0.15) is 0 Å². The van der Waals surface area contributed by atoms with E-state index in [0.717, 1.165) is 53.9 Å². The van der Waals surface area contributed by atoms with Crippen molar-refractivity contribution in [3.05, 3.63) is 70.2 Å². The zero-order valence-corrected chi connectivity index (χ0v) is 16.3. The predicted molar refractivity (Wildman–Crippen MR) is 109 cm³/mol. The van der Waals surface area contributed by atoms with Crippen molar-refractivity contribution in [2.24, 2.45) is 0 Å². The van der Waals surface area contributed by atoms with Gasteiger partial charge in [0.25, 0.3) is 0 Å². The van der Waals surface area contributed by atoms with Crippen LogP contribution in [0.4, 0.5) is 0 Å². The SMILES string of the molecule is O=C(O)Cc1ccccc1CC(CCCCNCCO)c1ccccc1Cl. The number of unbranched alkanes of at least 4 members (excludes halogenated alkanes) is 1. The average molecular weight is 390 g/mol. The van der Waals surface area contributed by atoms with Crippen molar-refractivity contribution in [3.63, 3.8) is 0 Å². The summed E-state index contributed by atoms with van der Waals surface area (Å²) in [5.41, 5.74) is 3.06. The van der Waals surface area contributed by atoms with Gasteiger partial charge in [0.1, 0.15) is 0 Å². The van der Waals surface area contributed by atoms with E-state index in [9.17, 15) is 9.90 Å². The third-order valence-corrected chi connectivity index (χ3v) is 5.06. The van der Waals surface area contributed by atoms with Crippen LogP contribution in [-0.4, -0.2) is 35.9 Å². The van der Waals surface area contributed by atoms with Gasteiger partial charge in [-0.3, -0.25) is 4.79 Å². The Labute approximate surface area is 166 Å². The van der Waals surface area contributed by atoms with Crippen molar-refractivity contribution in [1.29, 1.82) is 0 Å². The Morgan fingerprint density at radius 1 is 1.00 bits per heavy atom. The number of carboxylic acid groups (broad SMARTS) is 1. The van der Waals surface area contributed by atoms with Crippen LogP contribution in [0, 0.1) is 0 Å². The van der Waals surface area contributed by atoms with Crippen LogP contribution >= 0.6 is 11.6 Å². The Morgan fingerprint density at radius 2 is 1.70 bits per heavy atom. The molecule has 2 rings (SSSR count). The Hall–Kier alpha value is -1.88. The number of rotatable bonds is 12. The average Bonchev–Trinajstić information content (AvgIpc) is 2.65. The molecule has 0 saturated heterocycles. The van der Waals surface area contributed by atoms with Crippen LogP contribution in [0.5, 0.6) is 0 Å². The molecule has 2 aromatic carbocycles. The lowest BCUT2D eigenvalue weighted by molar-refractivity contribution is -0.136. The summed E-state index contributed by atoms with van der Waals surface area (Å²) in [6.07, 6.45) is 3.85. The van der Waals surface area contributed by atoms with Gasteiger partial charge in [-0.15, -0.1) is 0 Å². The van der Waals surface area contributed by atoms with Crippen molar-refractivity contribution < 1.29 is 15.0 Å². The maximum atomic E-state index is 11.2. The summed E-state index contributed by atoms with van der Waals surface area (Å²) < 4.78 is 0. The summed E-state index contributed by atoms with van der Waals surface area (Å²) in [5, 5.41) is 22.0.